The molecule has 5 heteroatoms. The summed E-state index contributed by atoms with van der Waals surface area (Å²) < 4.78 is 39.3. The van der Waals surface area contributed by atoms with Crippen molar-refractivity contribution in [1.82, 2.24) is 0 Å². The molecule has 1 aromatic carbocycles. The Morgan fingerprint density at radius 2 is 1.82 bits per heavy atom. The molecule has 1 heterocycles. The lowest BCUT2D eigenvalue weighted by Crippen LogP contribution is -1.97. The van der Waals surface area contributed by atoms with Gasteiger partial charge in [0.1, 0.15) is 0 Å². The molecule has 2 aromatic rings. The average molecular weight is 282 g/mol. The molecule has 0 amide bonds. The molecule has 1 aromatic heterocycles. The van der Waals surface area contributed by atoms with Crippen LogP contribution in [0.15, 0.2) is 24.3 Å². The van der Waals surface area contributed by atoms with Crippen molar-refractivity contribution < 1.29 is 13.2 Å². The van der Waals surface area contributed by atoms with Crippen molar-refractivity contribution in [2.24, 2.45) is 0 Å². The number of thiophene rings is 1. The third kappa shape index (κ3) is 2.58. The maximum Gasteiger partial charge on any atom is 0.600 e. The van der Waals surface area contributed by atoms with Crippen LogP contribution in [0, 0.1) is 6.92 Å². The maximum absolute atomic E-state index is 12.9. The van der Waals surface area contributed by atoms with Crippen LogP contribution in [0.4, 0.5) is 13.2 Å². The first-order chi connectivity index (χ1) is 7.43. The Morgan fingerprint density at radius 3 is 2.35 bits per heavy atom. The molecule has 0 aliphatic carbocycles. The number of alkyl halides is 3. The minimum atomic E-state index is -4.15. The Labute approximate surface area is 107 Å². The zero-order chi connectivity index (χ0) is 11.9. The highest BCUT2D eigenvalue weighted by Crippen LogP contribution is 2.50. The SMILES string of the molecule is CCc1cc2cc(C)ccc2[s+]1C(F)(F)F.Cl. The molecule has 0 saturated carbocycles. The van der Waals surface area contributed by atoms with Crippen molar-refractivity contribution in [2.75, 3.05) is 0 Å². The van der Waals surface area contributed by atoms with E-state index in [2.05, 4.69) is 0 Å². The lowest BCUT2D eigenvalue weighted by Gasteiger charge is -1.98. The van der Waals surface area contributed by atoms with Crippen LogP contribution in [0.3, 0.4) is 0 Å². The van der Waals surface area contributed by atoms with E-state index in [-0.39, 0.29) is 12.4 Å². The molecule has 17 heavy (non-hydrogen) atoms. The van der Waals surface area contributed by atoms with Crippen LogP contribution in [-0.2, 0) is 11.9 Å². The molecule has 0 saturated heterocycles. The van der Waals surface area contributed by atoms with E-state index in [4.69, 9.17) is 0 Å². The molecular weight excluding hydrogens is 269 g/mol. The molecule has 0 aliphatic rings. The third-order valence-corrected chi connectivity index (χ3v) is 4.75. The zero-order valence-corrected chi connectivity index (χ0v) is 11.1. The van der Waals surface area contributed by atoms with Crippen LogP contribution in [0.25, 0.3) is 10.1 Å². The zero-order valence-electron chi connectivity index (χ0n) is 9.47. The van der Waals surface area contributed by atoms with Gasteiger partial charge in [0.2, 0.25) is 0 Å². The molecule has 1 atom stereocenters. The monoisotopic (exact) mass is 281 g/mol. The summed E-state index contributed by atoms with van der Waals surface area (Å²) in [5, 5.41) is 0.734. The molecule has 94 valence electrons. The van der Waals surface area contributed by atoms with Crippen molar-refractivity contribution in [2.45, 2.75) is 25.8 Å². The van der Waals surface area contributed by atoms with E-state index in [1.807, 2.05) is 13.0 Å². The molecule has 0 aliphatic heterocycles. The fourth-order valence-electron chi connectivity index (χ4n) is 1.86. The summed E-state index contributed by atoms with van der Waals surface area (Å²) in [4.78, 5) is 0.494. The van der Waals surface area contributed by atoms with Gasteiger partial charge in [0.25, 0.3) is 0 Å². The largest absolute Gasteiger partial charge is 0.600 e. The van der Waals surface area contributed by atoms with Crippen LogP contribution in [0.1, 0.15) is 17.4 Å². The van der Waals surface area contributed by atoms with Gasteiger partial charge in [0.05, 0.1) is 10.5 Å². The van der Waals surface area contributed by atoms with Crippen LogP contribution in [-0.4, -0.2) is 0 Å². The predicted molar refractivity (Wildman–Crippen MR) is 69.1 cm³/mol. The van der Waals surface area contributed by atoms with Crippen LogP contribution < -0.4 is 0 Å². The smallest absolute Gasteiger partial charge is 0.147 e. The van der Waals surface area contributed by atoms with Gasteiger partial charge in [-0.2, -0.15) is 0 Å². The van der Waals surface area contributed by atoms with E-state index >= 15 is 0 Å². The molecule has 0 N–H and O–H groups in total. The Hall–Kier alpha value is -0.740. The van der Waals surface area contributed by atoms with Gasteiger partial charge in [-0.1, -0.05) is 18.6 Å². The Kier molecular flexibility index (Phi) is 4.10. The highest BCUT2D eigenvalue weighted by molar-refractivity contribution is 7.38. The number of fused-ring (bicyclic) bond motifs is 1. The Bertz CT molecular complexity index is 528. The van der Waals surface area contributed by atoms with Crippen molar-refractivity contribution in [1.29, 1.82) is 0 Å². The normalized spacial score (nSPS) is 12.6. The van der Waals surface area contributed by atoms with E-state index in [0.717, 1.165) is 10.9 Å². The summed E-state index contributed by atoms with van der Waals surface area (Å²) in [5.74, 6) is 0. The minimum absolute atomic E-state index is 0. The second kappa shape index (κ2) is 4.86. The average Bonchev–Trinajstić information content (AvgIpc) is 2.54. The number of hydrogen-bond acceptors (Lipinski definition) is 0. The summed E-state index contributed by atoms with van der Waals surface area (Å²) in [6, 6.07) is 6.88. The van der Waals surface area contributed by atoms with Crippen molar-refractivity contribution >= 4 is 33.0 Å². The van der Waals surface area contributed by atoms with Crippen LogP contribution in [0.5, 0.6) is 0 Å². The Balaban J connectivity index is 0.00000144. The lowest BCUT2D eigenvalue weighted by atomic mass is 10.2. The number of benzene rings is 1. The molecular formula is C12H13ClF3S+. The highest BCUT2D eigenvalue weighted by Gasteiger charge is 2.47. The molecule has 0 spiro atoms. The summed E-state index contributed by atoms with van der Waals surface area (Å²) in [6.07, 6.45) is 0.455. The molecule has 0 nitrogen and oxygen atoms in total. The molecule has 0 bridgehead atoms. The highest BCUT2D eigenvalue weighted by atomic mass is 35.5. The van der Waals surface area contributed by atoms with Gasteiger partial charge < -0.3 is 0 Å². The number of halogens is 4. The van der Waals surface area contributed by atoms with Gasteiger partial charge in [-0.3, -0.25) is 0 Å². The predicted octanol–water partition coefficient (Wildman–Crippen LogP) is 5.36. The van der Waals surface area contributed by atoms with Gasteiger partial charge in [-0.25, -0.2) is 0 Å². The second-order valence-corrected chi connectivity index (χ2v) is 5.80. The van der Waals surface area contributed by atoms with Crippen molar-refractivity contribution in [3.05, 3.63) is 34.7 Å². The summed E-state index contributed by atoms with van der Waals surface area (Å²) >= 11 is 0. The first kappa shape index (κ1) is 14.3. The molecule has 0 radical (unpaired) electrons. The fraction of sp³-hybridized carbons (Fsp3) is 0.333. The Morgan fingerprint density at radius 1 is 1.18 bits per heavy atom. The van der Waals surface area contributed by atoms with Gasteiger partial charge in [0, 0.05) is 17.9 Å². The van der Waals surface area contributed by atoms with Crippen LogP contribution >= 0.6 is 22.9 Å². The maximum atomic E-state index is 12.9. The standard InChI is InChI=1S/C12H12F3S.ClH/c1-3-10-7-9-6-8(2)4-5-11(9)16(10)12(13,14)15;/h4-7H,3H2,1-2H3;1H/q+1;. The van der Waals surface area contributed by atoms with E-state index in [9.17, 15) is 13.2 Å². The van der Waals surface area contributed by atoms with E-state index in [1.165, 1.54) is 0 Å². The number of aryl methyl sites for hydroxylation is 2. The van der Waals surface area contributed by atoms with Crippen LogP contribution in [0.2, 0.25) is 0 Å². The summed E-state index contributed by atoms with van der Waals surface area (Å²) in [7, 11) is -1.70. The lowest BCUT2D eigenvalue weighted by molar-refractivity contribution is -0.0867. The number of rotatable bonds is 1. The molecule has 2 rings (SSSR count). The second-order valence-electron chi connectivity index (χ2n) is 3.76. The molecule has 0 fully saturated rings. The van der Waals surface area contributed by atoms with Gasteiger partial charge in [-0.15, -0.1) is 25.6 Å². The van der Waals surface area contributed by atoms with Crippen molar-refractivity contribution in [3.8, 4) is 0 Å². The fourth-order valence-corrected chi connectivity index (χ4v) is 3.78. The van der Waals surface area contributed by atoms with Gasteiger partial charge >= 0.3 is 5.51 Å². The van der Waals surface area contributed by atoms with E-state index < -0.39 is 16.0 Å². The minimum Gasteiger partial charge on any atom is -0.147 e. The number of hydrogen-bond donors (Lipinski definition) is 0. The first-order valence-corrected chi connectivity index (χ1v) is 6.28. The topological polar surface area (TPSA) is 0 Å². The van der Waals surface area contributed by atoms with E-state index in [1.54, 1.807) is 25.1 Å². The quantitative estimate of drug-likeness (QED) is 0.618. The van der Waals surface area contributed by atoms with Gasteiger partial charge in [0.15, 0.2) is 9.58 Å². The first-order valence-electron chi connectivity index (χ1n) is 5.06. The summed E-state index contributed by atoms with van der Waals surface area (Å²) in [6.45, 7) is 3.67. The van der Waals surface area contributed by atoms with E-state index in [0.29, 0.717) is 16.0 Å². The van der Waals surface area contributed by atoms with Gasteiger partial charge in [-0.05, 0) is 19.1 Å². The van der Waals surface area contributed by atoms with Crippen molar-refractivity contribution in [3.63, 3.8) is 0 Å². The third-order valence-electron chi connectivity index (χ3n) is 2.54. The molecule has 1 unspecified atom stereocenters. The summed E-state index contributed by atoms with van der Waals surface area (Å²) in [5.41, 5.74) is -3.15.